The van der Waals surface area contributed by atoms with Crippen molar-refractivity contribution < 1.29 is 14.3 Å². The highest BCUT2D eigenvalue weighted by Gasteiger charge is 2.24. The van der Waals surface area contributed by atoms with E-state index in [9.17, 15) is 9.59 Å². The van der Waals surface area contributed by atoms with Crippen molar-refractivity contribution in [2.24, 2.45) is 11.8 Å². The number of rotatable bonds is 6. The molecule has 1 amide bonds. The molecule has 0 radical (unpaired) electrons. The number of hydrogen-bond acceptors (Lipinski definition) is 5. The summed E-state index contributed by atoms with van der Waals surface area (Å²) in [7, 11) is 0. The van der Waals surface area contributed by atoms with Gasteiger partial charge in [-0.05, 0) is 61.1 Å². The molecule has 30 heavy (non-hydrogen) atoms. The zero-order chi connectivity index (χ0) is 20.9. The van der Waals surface area contributed by atoms with Gasteiger partial charge in [0.2, 0.25) is 0 Å². The Morgan fingerprint density at radius 2 is 1.97 bits per heavy atom. The van der Waals surface area contributed by atoms with Crippen molar-refractivity contribution in [1.29, 1.82) is 5.26 Å². The second-order valence-corrected chi connectivity index (χ2v) is 8.08. The molecule has 2 aliphatic rings. The predicted octanol–water partition coefficient (Wildman–Crippen LogP) is 3.12. The maximum absolute atomic E-state index is 12.8. The lowest BCUT2D eigenvalue weighted by Gasteiger charge is -2.25. The number of anilines is 1. The number of fused-ring (bicyclic) bond motifs is 1. The number of carbonyl (C=O) groups is 2. The molecule has 0 aliphatic carbocycles. The van der Waals surface area contributed by atoms with Crippen LogP contribution in [0.1, 0.15) is 34.3 Å². The number of nitrogens with one attached hydrogen (secondary N) is 2. The van der Waals surface area contributed by atoms with Crippen LogP contribution in [0, 0.1) is 23.2 Å². The van der Waals surface area contributed by atoms with Crippen LogP contribution in [0.4, 0.5) is 5.69 Å². The maximum atomic E-state index is 12.8. The Bertz CT molecular complexity index is 995. The fraction of sp³-hybridized carbons (Fsp3) is 0.375. The molecule has 1 saturated heterocycles. The van der Waals surface area contributed by atoms with E-state index >= 15 is 0 Å². The fourth-order valence-electron chi connectivity index (χ4n) is 4.13. The number of benzene rings is 2. The van der Waals surface area contributed by atoms with Gasteiger partial charge in [0, 0.05) is 18.5 Å². The summed E-state index contributed by atoms with van der Waals surface area (Å²) in [5, 5.41) is 15.2. The summed E-state index contributed by atoms with van der Waals surface area (Å²) in [6.45, 7) is 1.56. The highest BCUT2D eigenvalue weighted by Crippen LogP contribution is 2.29. The highest BCUT2D eigenvalue weighted by atomic mass is 16.5. The number of nitrogens with zero attached hydrogens (tertiary/aromatic N) is 1. The second-order valence-electron chi connectivity index (χ2n) is 8.08. The Balaban J connectivity index is 1.36. The minimum atomic E-state index is -0.135. The minimum absolute atomic E-state index is 0.00296. The monoisotopic (exact) mass is 403 g/mol. The average molecular weight is 403 g/mol. The quantitative estimate of drug-likeness (QED) is 0.723. The van der Waals surface area contributed by atoms with Crippen molar-refractivity contribution in [2.45, 2.75) is 25.7 Å². The molecule has 6 heteroatoms. The second kappa shape index (κ2) is 9.10. The molecular weight excluding hydrogens is 378 g/mol. The van der Waals surface area contributed by atoms with Gasteiger partial charge < -0.3 is 15.4 Å². The van der Waals surface area contributed by atoms with Gasteiger partial charge in [0.1, 0.15) is 5.75 Å². The number of nitriles is 1. The third-order valence-electron chi connectivity index (χ3n) is 5.73. The van der Waals surface area contributed by atoms with E-state index in [1.807, 2.05) is 42.5 Å². The third-order valence-corrected chi connectivity index (χ3v) is 5.73. The fourth-order valence-corrected chi connectivity index (χ4v) is 4.13. The van der Waals surface area contributed by atoms with Crippen LogP contribution in [0.3, 0.4) is 0 Å². The molecule has 2 heterocycles. The molecule has 1 fully saturated rings. The molecule has 2 aromatic carbocycles. The van der Waals surface area contributed by atoms with Gasteiger partial charge in [-0.25, -0.2) is 0 Å². The standard InChI is InChI=1S/C24H25N3O3/c25-12-19-8-18(13-26-14-19)10-22(28)20-3-1-2-16(9-20)4-5-17-6-7-21-23(11-17)30-15-24(29)27-21/h1-3,6-7,9,11,18-19,26H,4-5,8,10,13-15H2,(H,27,29). The molecule has 2 aliphatic heterocycles. The van der Waals surface area contributed by atoms with E-state index in [0.29, 0.717) is 17.9 Å². The molecule has 0 bridgehead atoms. The first kappa shape index (κ1) is 20.1. The molecule has 0 spiro atoms. The Morgan fingerprint density at radius 1 is 1.13 bits per heavy atom. The van der Waals surface area contributed by atoms with Gasteiger partial charge in [0.05, 0.1) is 17.7 Å². The molecule has 0 aromatic heterocycles. The lowest BCUT2D eigenvalue weighted by atomic mass is 9.86. The summed E-state index contributed by atoms with van der Waals surface area (Å²) in [5.41, 5.74) is 3.68. The van der Waals surface area contributed by atoms with E-state index in [4.69, 9.17) is 10.00 Å². The van der Waals surface area contributed by atoms with Crippen LogP contribution in [0.25, 0.3) is 0 Å². The van der Waals surface area contributed by atoms with Gasteiger partial charge in [0.15, 0.2) is 12.4 Å². The normalized spacial score (nSPS) is 20.4. The van der Waals surface area contributed by atoms with Crippen LogP contribution >= 0.6 is 0 Å². The van der Waals surface area contributed by atoms with Crippen molar-refractivity contribution >= 4 is 17.4 Å². The summed E-state index contributed by atoms with van der Waals surface area (Å²) in [6.07, 6.45) is 2.89. The van der Waals surface area contributed by atoms with Crippen LogP contribution in [0.2, 0.25) is 0 Å². The summed E-state index contributed by atoms with van der Waals surface area (Å²) in [4.78, 5) is 24.1. The molecule has 2 atom stereocenters. The Morgan fingerprint density at radius 3 is 2.80 bits per heavy atom. The molecule has 4 rings (SSSR count). The van der Waals surface area contributed by atoms with Crippen LogP contribution in [-0.4, -0.2) is 31.4 Å². The topological polar surface area (TPSA) is 91.2 Å². The maximum Gasteiger partial charge on any atom is 0.262 e. The number of Topliss-reactive ketones (excluding diaryl/α,β-unsaturated/α-hetero) is 1. The van der Waals surface area contributed by atoms with E-state index in [-0.39, 0.29) is 30.1 Å². The van der Waals surface area contributed by atoms with Crippen molar-refractivity contribution in [3.05, 3.63) is 59.2 Å². The van der Waals surface area contributed by atoms with Crippen molar-refractivity contribution in [1.82, 2.24) is 5.32 Å². The average Bonchev–Trinajstić information content (AvgIpc) is 2.78. The van der Waals surface area contributed by atoms with Gasteiger partial charge in [-0.3, -0.25) is 9.59 Å². The summed E-state index contributed by atoms with van der Waals surface area (Å²) < 4.78 is 5.48. The van der Waals surface area contributed by atoms with E-state index in [1.54, 1.807) is 0 Å². The number of ether oxygens (including phenoxy) is 1. The Labute approximate surface area is 176 Å². The smallest absolute Gasteiger partial charge is 0.262 e. The van der Waals surface area contributed by atoms with E-state index in [2.05, 4.69) is 16.7 Å². The van der Waals surface area contributed by atoms with Gasteiger partial charge in [-0.15, -0.1) is 0 Å². The van der Waals surface area contributed by atoms with E-state index in [1.165, 1.54) is 0 Å². The predicted molar refractivity (Wildman–Crippen MR) is 113 cm³/mol. The van der Waals surface area contributed by atoms with Gasteiger partial charge in [-0.2, -0.15) is 5.26 Å². The van der Waals surface area contributed by atoms with Crippen LogP contribution in [0.15, 0.2) is 42.5 Å². The lowest BCUT2D eigenvalue weighted by molar-refractivity contribution is -0.118. The molecule has 154 valence electrons. The van der Waals surface area contributed by atoms with E-state index < -0.39 is 0 Å². The summed E-state index contributed by atoms with van der Waals surface area (Å²) in [6, 6.07) is 16.0. The number of ketones is 1. The zero-order valence-corrected chi connectivity index (χ0v) is 16.8. The third kappa shape index (κ3) is 4.87. The summed E-state index contributed by atoms with van der Waals surface area (Å²) in [5.74, 6) is 0.921. The molecule has 6 nitrogen and oxygen atoms in total. The highest BCUT2D eigenvalue weighted by molar-refractivity contribution is 5.96. The minimum Gasteiger partial charge on any atom is -0.482 e. The first-order valence-corrected chi connectivity index (χ1v) is 10.4. The first-order valence-electron chi connectivity index (χ1n) is 10.4. The number of piperidine rings is 1. The largest absolute Gasteiger partial charge is 0.482 e. The van der Waals surface area contributed by atoms with E-state index in [0.717, 1.165) is 49.0 Å². The van der Waals surface area contributed by atoms with Gasteiger partial charge in [0.25, 0.3) is 5.91 Å². The number of hydrogen-bond donors (Lipinski definition) is 2. The van der Waals surface area contributed by atoms with Gasteiger partial charge in [-0.1, -0.05) is 24.3 Å². The van der Waals surface area contributed by atoms with Crippen LogP contribution in [0.5, 0.6) is 5.75 Å². The number of aryl methyl sites for hydroxylation is 2. The van der Waals surface area contributed by atoms with Crippen LogP contribution in [-0.2, 0) is 17.6 Å². The Kier molecular flexibility index (Phi) is 6.10. The van der Waals surface area contributed by atoms with Crippen molar-refractivity contribution in [3.8, 4) is 11.8 Å². The number of carbonyl (C=O) groups excluding carboxylic acids is 2. The SMILES string of the molecule is N#CC1CNCC(CC(=O)c2cccc(CCc3ccc4c(c3)OCC(=O)N4)c2)C1. The Hall–Kier alpha value is -3.17. The lowest BCUT2D eigenvalue weighted by Crippen LogP contribution is -2.36. The van der Waals surface area contributed by atoms with Crippen molar-refractivity contribution in [2.75, 3.05) is 25.0 Å². The summed E-state index contributed by atoms with van der Waals surface area (Å²) >= 11 is 0. The van der Waals surface area contributed by atoms with Gasteiger partial charge >= 0.3 is 0 Å². The van der Waals surface area contributed by atoms with Crippen molar-refractivity contribution in [3.63, 3.8) is 0 Å². The molecule has 2 aromatic rings. The molecule has 0 saturated carbocycles. The molecule has 2 N–H and O–H groups in total. The van der Waals surface area contributed by atoms with Crippen LogP contribution < -0.4 is 15.4 Å². The molecule has 2 unspecified atom stereocenters. The zero-order valence-electron chi connectivity index (χ0n) is 16.8. The number of amides is 1. The first-order chi connectivity index (χ1) is 14.6. The molecular formula is C24H25N3O3.